The van der Waals surface area contributed by atoms with Gasteiger partial charge in [-0.05, 0) is 18.7 Å². The van der Waals surface area contributed by atoms with Crippen molar-refractivity contribution >= 4 is 28.3 Å². The molecule has 0 bridgehead atoms. The molecule has 2 nitrogen and oxygen atoms in total. The second-order valence-corrected chi connectivity index (χ2v) is 4.41. The number of hydrogen-bond donors (Lipinski definition) is 2. The first-order chi connectivity index (χ1) is 6.83. The van der Waals surface area contributed by atoms with E-state index in [9.17, 15) is 0 Å². The van der Waals surface area contributed by atoms with Crippen molar-refractivity contribution in [3.05, 3.63) is 30.3 Å². The van der Waals surface area contributed by atoms with Gasteiger partial charge in [0.25, 0.3) is 0 Å². The molecule has 0 atom stereocenters. The summed E-state index contributed by atoms with van der Waals surface area (Å²) in [5.41, 5.74) is 0. The van der Waals surface area contributed by atoms with Gasteiger partial charge in [0.15, 0.2) is 0 Å². The molecule has 0 saturated carbocycles. The smallest absolute Gasteiger partial charge is 0.139 e. The zero-order valence-electron chi connectivity index (χ0n) is 8.12. The van der Waals surface area contributed by atoms with Crippen LogP contribution < -0.4 is 10.6 Å². The van der Waals surface area contributed by atoms with Crippen LogP contribution in [0.1, 0.15) is 6.92 Å². The largest absolute Gasteiger partial charge is 0.358 e. The zero-order valence-corrected chi connectivity index (χ0v) is 9.75. The van der Waals surface area contributed by atoms with E-state index in [0.717, 1.165) is 17.5 Å². The van der Waals surface area contributed by atoms with Crippen LogP contribution in [0, 0.1) is 0 Å². The third-order valence-electron chi connectivity index (χ3n) is 1.56. The van der Waals surface area contributed by atoms with Gasteiger partial charge in [-0.2, -0.15) is 0 Å². The summed E-state index contributed by atoms with van der Waals surface area (Å²) in [5.74, 6) is 0. The second kappa shape index (κ2) is 6.81. The van der Waals surface area contributed by atoms with Gasteiger partial charge < -0.3 is 10.6 Å². The van der Waals surface area contributed by atoms with Gasteiger partial charge in [0, 0.05) is 4.90 Å². The fourth-order valence-electron chi connectivity index (χ4n) is 0.891. The van der Waals surface area contributed by atoms with Crippen LogP contribution in [0.2, 0.25) is 0 Å². The van der Waals surface area contributed by atoms with Gasteiger partial charge in [0.2, 0.25) is 0 Å². The lowest BCUT2D eigenvalue weighted by molar-refractivity contribution is 0.700. The van der Waals surface area contributed by atoms with Gasteiger partial charge in [0.1, 0.15) is 4.32 Å². The molecule has 2 N–H and O–H groups in total. The average Bonchev–Trinajstić information content (AvgIpc) is 2.20. The lowest BCUT2D eigenvalue weighted by Crippen LogP contribution is -2.30. The maximum atomic E-state index is 5.16. The molecular weight excluding hydrogens is 212 g/mol. The summed E-state index contributed by atoms with van der Waals surface area (Å²) >= 11 is 6.74. The van der Waals surface area contributed by atoms with Crippen LogP contribution in [-0.4, -0.2) is 17.5 Å². The molecule has 0 amide bonds. The number of thiocarbonyl (C=S) groups is 1. The van der Waals surface area contributed by atoms with Crippen molar-refractivity contribution in [2.45, 2.75) is 11.8 Å². The third kappa shape index (κ3) is 4.60. The van der Waals surface area contributed by atoms with E-state index in [1.54, 1.807) is 11.8 Å². The molecule has 0 unspecified atom stereocenters. The maximum Gasteiger partial charge on any atom is 0.139 e. The van der Waals surface area contributed by atoms with Crippen molar-refractivity contribution in [3.8, 4) is 0 Å². The van der Waals surface area contributed by atoms with Crippen LogP contribution in [0.3, 0.4) is 0 Å². The molecule has 0 aliphatic carbocycles. The lowest BCUT2D eigenvalue weighted by atomic mass is 10.4. The number of nitrogens with one attached hydrogen (secondary N) is 2. The van der Waals surface area contributed by atoms with E-state index in [1.807, 2.05) is 30.3 Å². The fourth-order valence-corrected chi connectivity index (χ4v) is 1.90. The summed E-state index contributed by atoms with van der Waals surface area (Å²) < 4.78 is 0.803. The Bertz CT molecular complexity index is 275. The number of hydrogen-bond acceptors (Lipinski definition) is 3. The Balaban J connectivity index is 2.27. The van der Waals surface area contributed by atoms with Crippen LogP contribution in [0.15, 0.2) is 35.2 Å². The minimum atomic E-state index is 0.731. The molecule has 76 valence electrons. The van der Waals surface area contributed by atoms with Gasteiger partial charge >= 0.3 is 0 Å². The van der Waals surface area contributed by atoms with Crippen molar-refractivity contribution in [2.75, 3.05) is 13.2 Å². The highest BCUT2D eigenvalue weighted by atomic mass is 32.2. The van der Waals surface area contributed by atoms with Gasteiger partial charge in [0.05, 0.1) is 6.67 Å². The molecular formula is C10H14N2S2. The van der Waals surface area contributed by atoms with Crippen LogP contribution in [0.5, 0.6) is 0 Å². The van der Waals surface area contributed by atoms with E-state index >= 15 is 0 Å². The molecule has 0 spiro atoms. The molecule has 0 saturated heterocycles. The summed E-state index contributed by atoms with van der Waals surface area (Å²) in [4.78, 5) is 1.17. The predicted octanol–water partition coefficient (Wildman–Crippen LogP) is 2.22. The maximum absolute atomic E-state index is 5.16. The Kier molecular flexibility index (Phi) is 5.59. The number of rotatable bonds is 4. The van der Waals surface area contributed by atoms with E-state index in [0.29, 0.717) is 0 Å². The van der Waals surface area contributed by atoms with Gasteiger partial charge in [-0.25, -0.2) is 0 Å². The first kappa shape index (κ1) is 11.5. The van der Waals surface area contributed by atoms with E-state index in [4.69, 9.17) is 12.2 Å². The van der Waals surface area contributed by atoms with Gasteiger partial charge in [-0.1, -0.05) is 49.1 Å². The predicted molar refractivity (Wildman–Crippen MR) is 66.6 cm³/mol. The molecule has 1 rings (SSSR count). The number of benzene rings is 1. The van der Waals surface area contributed by atoms with Crippen molar-refractivity contribution in [1.29, 1.82) is 0 Å². The Morgan fingerprint density at radius 2 is 2.07 bits per heavy atom. The molecule has 1 aromatic carbocycles. The van der Waals surface area contributed by atoms with Crippen molar-refractivity contribution in [3.63, 3.8) is 0 Å². The summed E-state index contributed by atoms with van der Waals surface area (Å²) in [5, 5.41) is 6.27. The quantitative estimate of drug-likeness (QED) is 0.356. The van der Waals surface area contributed by atoms with E-state index in [2.05, 4.69) is 17.6 Å². The Morgan fingerprint density at radius 3 is 2.71 bits per heavy atom. The molecule has 0 aliphatic heterocycles. The Labute approximate surface area is 94.5 Å². The molecule has 0 radical (unpaired) electrons. The number of thioether (sulfide) groups is 1. The standard InChI is InChI=1S/C10H14N2S2/c1-2-11-8-12-10(13)14-9-6-4-3-5-7-9/h3-7,11H,2,8H2,1H3,(H,12,13). The van der Waals surface area contributed by atoms with E-state index in [1.165, 1.54) is 4.90 Å². The highest BCUT2D eigenvalue weighted by molar-refractivity contribution is 8.23. The topological polar surface area (TPSA) is 24.1 Å². The van der Waals surface area contributed by atoms with Crippen LogP contribution in [0.25, 0.3) is 0 Å². The summed E-state index contributed by atoms with van der Waals surface area (Å²) in [7, 11) is 0. The lowest BCUT2D eigenvalue weighted by Gasteiger charge is -2.06. The normalized spacial score (nSPS) is 9.79. The first-order valence-electron chi connectivity index (χ1n) is 4.54. The van der Waals surface area contributed by atoms with Crippen molar-refractivity contribution in [1.82, 2.24) is 10.6 Å². The first-order valence-corrected chi connectivity index (χ1v) is 5.77. The third-order valence-corrected chi connectivity index (χ3v) is 2.79. The molecule has 0 heterocycles. The van der Waals surface area contributed by atoms with E-state index < -0.39 is 0 Å². The monoisotopic (exact) mass is 226 g/mol. The highest BCUT2D eigenvalue weighted by Gasteiger charge is 1.97. The second-order valence-electron chi connectivity index (χ2n) is 2.66. The SMILES string of the molecule is CCNCNC(=S)Sc1ccccc1. The minimum Gasteiger partial charge on any atom is -0.358 e. The minimum absolute atomic E-state index is 0.731. The molecule has 4 heteroatoms. The van der Waals surface area contributed by atoms with Crippen LogP contribution in [0.4, 0.5) is 0 Å². The molecule has 0 aromatic heterocycles. The Hall–Kier alpha value is -0.580. The summed E-state index contributed by atoms with van der Waals surface area (Å²) in [6.45, 7) is 3.75. The van der Waals surface area contributed by atoms with Gasteiger partial charge in [-0.15, -0.1) is 0 Å². The van der Waals surface area contributed by atoms with Crippen LogP contribution in [-0.2, 0) is 0 Å². The van der Waals surface area contributed by atoms with Crippen molar-refractivity contribution in [2.24, 2.45) is 0 Å². The molecule has 1 aromatic rings. The fraction of sp³-hybridized carbons (Fsp3) is 0.300. The summed E-state index contributed by atoms with van der Waals surface area (Å²) in [6, 6.07) is 10.1. The van der Waals surface area contributed by atoms with Gasteiger partial charge in [-0.3, -0.25) is 0 Å². The van der Waals surface area contributed by atoms with Crippen molar-refractivity contribution < 1.29 is 0 Å². The molecule has 0 aliphatic rings. The molecule has 0 fully saturated rings. The zero-order chi connectivity index (χ0) is 10.2. The Morgan fingerprint density at radius 1 is 1.36 bits per heavy atom. The highest BCUT2D eigenvalue weighted by Crippen LogP contribution is 2.17. The van der Waals surface area contributed by atoms with Crippen LogP contribution >= 0.6 is 24.0 Å². The van der Waals surface area contributed by atoms with E-state index in [-0.39, 0.29) is 0 Å². The summed E-state index contributed by atoms with van der Waals surface area (Å²) in [6.07, 6.45) is 0. The molecule has 14 heavy (non-hydrogen) atoms. The average molecular weight is 226 g/mol.